The van der Waals surface area contributed by atoms with Crippen molar-refractivity contribution in [2.45, 2.75) is 13.8 Å². The molecule has 0 unspecified atom stereocenters. The molecule has 74 valence electrons. The van der Waals surface area contributed by atoms with E-state index in [1.54, 1.807) is 12.5 Å². The molecule has 4 nitrogen and oxygen atoms in total. The van der Waals surface area contributed by atoms with Crippen molar-refractivity contribution in [3.63, 3.8) is 0 Å². The van der Waals surface area contributed by atoms with Crippen molar-refractivity contribution < 1.29 is 19.7 Å². The van der Waals surface area contributed by atoms with Gasteiger partial charge in [0.05, 0.1) is 26.4 Å². The highest BCUT2D eigenvalue weighted by molar-refractivity contribution is 4.59. The van der Waals surface area contributed by atoms with E-state index in [4.69, 9.17) is 19.7 Å². The highest BCUT2D eigenvalue weighted by Gasteiger charge is 1.68. The molecule has 4 heteroatoms. The van der Waals surface area contributed by atoms with Crippen LogP contribution in [0.5, 0.6) is 0 Å². The van der Waals surface area contributed by atoms with Gasteiger partial charge in [-0.05, 0) is 13.8 Å². The Labute approximate surface area is 73.4 Å². The Morgan fingerprint density at radius 3 is 1.42 bits per heavy atom. The van der Waals surface area contributed by atoms with Crippen LogP contribution in [0.4, 0.5) is 0 Å². The van der Waals surface area contributed by atoms with E-state index in [9.17, 15) is 0 Å². The summed E-state index contributed by atoms with van der Waals surface area (Å²) in [5.74, 6) is 0. The second kappa shape index (κ2) is 16.7. The predicted molar refractivity (Wildman–Crippen MR) is 46.6 cm³/mol. The zero-order valence-electron chi connectivity index (χ0n) is 7.69. The zero-order chi connectivity index (χ0) is 9.66. The topological polar surface area (TPSA) is 58.9 Å². The standard InChI is InChI=1S/C6H12O2.C2H6O2/c1-3-7-5-6-8-4-2;3-1-2-4/h5-6H,3-4H2,1-2H3;3-4H,1-2H2/b6-5+;. The maximum atomic E-state index is 7.62. The van der Waals surface area contributed by atoms with Gasteiger partial charge in [0.1, 0.15) is 12.5 Å². The van der Waals surface area contributed by atoms with Crippen LogP contribution in [0.3, 0.4) is 0 Å². The molecule has 0 aromatic heterocycles. The fraction of sp³-hybridized carbons (Fsp3) is 0.750. The lowest BCUT2D eigenvalue weighted by Gasteiger charge is -1.92. The summed E-state index contributed by atoms with van der Waals surface area (Å²) < 4.78 is 9.66. The monoisotopic (exact) mass is 178 g/mol. The van der Waals surface area contributed by atoms with E-state index >= 15 is 0 Å². The first-order valence-corrected chi connectivity index (χ1v) is 3.93. The minimum atomic E-state index is -0.125. The molecule has 0 heterocycles. The van der Waals surface area contributed by atoms with Gasteiger partial charge in [0.25, 0.3) is 0 Å². The molecule has 0 saturated carbocycles. The van der Waals surface area contributed by atoms with Crippen molar-refractivity contribution >= 4 is 0 Å². The van der Waals surface area contributed by atoms with Crippen molar-refractivity contribution in [3.05, 3.63) is 12.5 Å². The van der Waals surface area contributed by atoms with Crippen LogP contribution >= 0.6 is 0 Å². The SMILES string of the molecule is CCO/C=C/OCC.OCCO. The Balaban J connectivity index is 0. The summed E-state index contributed by atoms with van der Waals surface area (Å²) in [5.41, 5.74) is 0. The first-order chi connectivity index (χ1) is 5.83. The highest BCUT2D eigenvalue weighted by Crippen LogP contribution is 1.77. The molecule has 0 spiro atoms. The minimum Gasteiger partial charge on any atom is -0.498 e. The number of aliphatic hydroxyl groups excluding tert-OH is 2. The van der Waals surface area contributed by atoms with E-state index in [0.717, 1.165) is 0 Å². The maximum absolute atomic E-state index is 7.62. The van der Waals surface area contributed by atoms with Crippen LogP contribution in [0.2, 0.25) is 0 Å². The Kier molecular flexibility index (Phi) is 19.2. The molecule has 0 aliphatic carbocycles. The normalized spacial score (nSPS) is 9.00. The molecule has 0 bridgehead atoms. The molecule has 0 radical (unpaired) electrons. The van der Waals surface area contributed by atoms with Crippen molar-refractivity contribution in [3.8, 4) is 0 Å². The average molecular weight is 178 g/mol. The minimum absolute atomic E-state index is 0.125. The van der Waals surface area contributed by atoms with Crippen LogP contribution in [0.1, 0.15) is 13.8 Å². The van der Waals surface area contributed by atoms with Crippen molar-refractivity contribution in [1.29, 1.82) is 0 Å². The maximum Gasteiger partial charge on any atom is 0.117 e. The number of ether oxygens (including phenoxy) is 2. The second-order valence-electron chi connectivity index (χ2n) is 1.63. The fourth-order valence-corrected chi connectivity index (χ4v) is 0.271. The lowest BCUT2D eigenvalue weighted by Crippen LogP contribution is -1.85. The Hall–Kier alpha value is -0.740. The highest BCUT2D eigenvalue weighted by atomic mass is 16.5. The van der Waals surface area contributed by atoms with Gasteiger partial charge in [-0.25, -0.2) is 0 Å². The van der Waals surface area contributed by atoms with Crippen LogP contribution in [0, 0.1) is 0 Å². The summed E-state index contributed by atoms with van der Waals surface area (Å²) in [7, 11) is 0. The molecule has 0 fully saturated rings. The van der Waals surface area contributed by atoms with Crippen LogP contribution in [-0.2, 0) is 9.47 Å². The number of hydrogen-bond acceptors (Lipinski definition) is 4. The second-order valence-corrected chi connectivity index (χ2v) is 1.63. The molecule has 12 heavy (non-hydrogen) atoms. The Morgan fingerprint density at radius 2 is 1.25 bits per heavy atom. The van der Waals surface area contributed by atoms with Crippen molar-refractivity contribution in [2.75, 3.05) is 26.4 Å². The first kappa shape index (κ1) is 13.8. The van der Waals surface area contributed by atoms with Crippen LogP contribution in [0.15, 0.2) is 12.5 Å². The molecule has 0 rings (SSSR count). The van der Waals surface area contributed by atoms with Gasteiger partial charge in [-0.1, -0.05) is 0 Å². The van der Waals surface area contributed by atoms with Gasteiger partial charge in [-0.15, -0.1) is 0 Å². The third-order valence-electron chi connectivity index (χ3n) is 0.681. The van der Waals surface area contributed by atoms with E-state index in [0.29, 0.717) is 13.2 Å². The molecule has 2 N–H and O–H groups in total. The van der Waals surface area contributed by atoms with Gasteiger partial charge < -0.3 is 19.7 Å². The molecule has 0 aromatic rings. The van der Waals surface area contributed by atoms with E-state index in [-0.39, 0.29) is 13.2 Å². The number of aliphatic hydroxyl groups is 2. The molecule has 0 atom stereocenters. The van der Waals surface area contributed by atoms with Gasteiger partial charge in [-0.2, -0.15) is 0 Å². The van der Waals surface area contributed by atoms with Crippen molar-refractivity contribution in [2.24, 2.45) is 0 Å². The van der Waals surface area contributed by atoms with Crippen LogP contribution < -0.4 is 0 Å². The third kappa shape index (κ3) is 22.8. The number of hydrogen-bond donors (Lipinski definition) is 2. The van der Waals surface area contributed by atoms with E-state index in [1.165, 1.54) is 0 Å². The summed E-state index contributed by atoms with van der Waals surface area (Å²) >= 11 is 0. The van der Waals surface area contributed by atoms with Crippen LogP contribution in [0.25, 0.3) is 0 Å². The molecule has 0 aliphatic rings. The first-order valence-electron chi connectivity index (χ1n) is 3.93. The Bertz CT molecular complexity index is 73.1. The molecule has 0 aliphatic heterocycles. The molecule has 0 aromatic carbocycles. The molecular weight excluding hydrogens is 160 g/mol. The van der Waals surface area contributed by atoms with E-state index in [1.807, 2.05) is 13.8 Å². The third-order valence-corrected chi connectivity index (χ3v) is 0.681. The summed E-state index contributed by atoms with van der Waals surface area (Å²) in [6.07, 6.45) is 3.09. The molecule has 0 amide bonds. The average Bonchev–Trinajstić information content (AvgIpc) is 2.13. The van der Waals surface area contributed by atoms with E-state index in [2.05, 4.69) is 0 Å². The van der Waals surface area contributed by atoms with Gasteiger partial charge >= 0.3 is 0 Å². The molecular formula is C8H18O4. The fourth-order valence-electron chi connectivity index (χ4n) is 0.271. The van der Waals surface area contributed by atoms with Gasteiger partial charge in [0, 0.05) is 0 Å². The zero-order valence-corrected chi connectivity index (χ0v) is 7.69. The van der Waals surface area contributed by atoms with Crippen LogP contribution in [-0.4, -0.2) is 36.6 Å². The lowest BCUT2D eigenvalue weighted by atomic mass is 10.8. The smallest absolute Gasteiger partial charge is 0.117 e. The lowest BCUT2D eigenvalue weighted by molar-refractivity contribution is 0.186. The van der Waals surface area contributed by atoms with Gasteiger partial charge in [0.15, 0.2) is 0 Å². The summed E-state index contributed by atoms with van der Waals surface area (Å²) in [6.45, 7) is 5.00. The predicted octanol–water partition coefficient (Wildman–Crippen LogP) is 0.502. The quantitative estimate of drug-likeness (QED) is 0.602. The summed E-state index contributed by atoms with van der Waals surface area (Å²) in [6, 6.07) is 0. The Morgan fingerprint density at radius 1 is 0.917 bits per heavy atom. The largest absolute Gasteiger partial charge is 0.498 e. The van der Waals surface area contributed by atoms with Crippen molar-refractivity contribution in [1.82, 2.24) is 0 Å². The molecule has 0 saturated heterocycles. The van der Waals surface area contributed by atoms with Gasteiger partial charge in [0.2, 0.25) is 0 Å². The number of rotatable bonds is 5. The van der Waals surface area contributed by atoms with Gasteiger partial charge in [-0.3, -0.25) is 0 Å². The van der Waals surface area contributed by atoms with E-state index < -0.39 is 0 Å². The summed E-state index contributed by atoms with van der Waals surface area (Å²) in [5, 5.41) is 15.2. The summed E-state index contributed by atoms with van der Waals surface area (Å²) in [4.78, 5) is 0.